The van der Waals surface area contributed by atoms with Gasteiger partial charge in [0.05, 0.1) is 26.9 Å². The molecule has 0 aliphatic rings. The zero-order valence-corrected chi connectivity index (χ0v) is 12.6. The summed E-state index contributed by atoms with van der Waals surface area (Å²) in [5.74, 6) is 1.60. The Balaban J connectivity index is 2.50. The molecule has 2 aromatic rings. The molecule has 0 saturated heterocycles. The molecule has 0 fully saturated rings. The average molecular weight is 286 g/mol. The first-order valence-electron chi connectivity index (χ1n) is 6.52. The van der Waals surface area contributed by atoms with Gasteiger partial charge in [0.15, 0.2) is 17.3 Å². The van der Waals surface area contributed by atoms with Crippen molar-refractivity contribution >= 4 is 5.78 Å². The molecule has 21 heavy (non-hydrogen) atoms. The molecule has 4 nitrogen and oxygen atoms in total. The molecule has 0 amide bonds. The Kier molecular flexibility index (Phi) is 4.48. The summed E-state index contributed by atoms with van der Waals surface area (Å²) in [5.41, 5.74) is 1.94. The van der Waals surface area contributed by atoms with E-state index in [9.17, 15) is 4.79 Å². The van der Waals surface area contributed by atoms with Crippen molar-refractivity contribution in [3.63, 3.8) is 0 Å². The second-order valence-corrected chi connectivity index (χ2v) is 4.55. The number of hydrogen-bond acceptors (Lipinski definition) is 4. The van der Waals surface area contributed by atoms with Gasteiger partial charge in [-0.3, -0.25) is 4.79 Å². The first-order valence-corrected chi connectivity index (χ1v) is 6.52. The summed E-state index contributed by atoms with van der Waals surface area (Å²) < 4.78 is 15.7. The highest BCUT2D eigenvalue weighted by Gasteiger charge is 2.19. The summed E-state index contributed by atoms with van der Waals surface area (Å²) in [6, 6.07) is 10.6. The molecule has 0 heterocycles. The van der Waals surface area contributed by atoms with Gasteiger partial charge in [-0.25, -0.2) is 0 Å². The van der Waals surface area contributed by atoms with E-state index in [2.05, 4.69) is 0 Å². The number of carbonyl (C=O) groups excluding carboxylic acids is 1. The lowest BCUT2D eigenvalue weighted by Crippen LogP contribution is -2.07. The van der Waals surface area contributed by atoms with E-state index < -0.39 is 0 Å². The Labute approximate surface area is 124 Å². The van der Waals surface area contributed by atoms with E-state index in [0.717, 1.165) is 11.3 Å². The number of carbonyl (C=O) groups is 1. The summed E-state index contributed by atoms with van der Waals surface area (Å²) in [6.45, 7) is 1.88. The topological polar surface area (TPSA) is 44.8 Å². The fraction of sp³-hybridized carbons (Fsp3) is 0.235. The molecule has 0 saturated carbocycles. The molecule has 0 unspecified atom stereocenters. The fourth-order valence-electron chi connectivity index (χ4n) is 2.23. The molecule has 2 rings (SSSR count). The van der Waals surface area contributed by atoms with Gasteiger partial charge in [0.1, 0.15) is 5.75 Å². The zero-order chi connectivity index (χ0) is 15.4. The summed E-state index contributed by atoms with van der Waals surface area (Å²) in [4.78, 5) is 12.7. The van der Waals surface area contributed by atoms with E-state index in [1.54, 1.807) is 44.6 Å². The Morgan fingerprint density at radius 3 is 2.24 bits per heavy atom. The molecule has 0 radical (unpaired) electrons. The minimum Gasteiger partial charge on any atom is -0.497 e. The average Bonchev–Trinajstić information content (AvgIpc) is 2.53. The van der Waals surface area contributed by atoms with Crippen molar-refractivity contribution in [3.8, 4) is 17.2 Å². The maximum absolute atomic E-state index is 12.7. The maximum atomic E-state index is 12.7. The van der Waals surface area contributed by atoms with Crippen LogP contribution in [0.2, 0.25) is 0 Å². The van der Waals surface area contributed by atoms with Crippen LogP contribution < -0.4 is 14.2 Å². The SMILES string of the molecule is COc1ccc(C(=O)c2cccc(OC)c2OC)c(C)c1. The monoisotopic (exact) mass is 286 g/mol. The summed E-state index contributed by atoms with van der Waals surface area (Å²) in [7, 11) is 4.67. The van der Waals surface area contributed by atoms with E-state index in [1.807, 2.05) is 13.0 Å². The van der Waals surface area contributed by atoms with Crippen LogP contribution in [0.4, 0.5) is 0 Å². The van der Waals surface area contributed by atoms with Crippen LogP contribution in [0.3, 0.4) is 0 Å². The quantitative estimate of drug-likeness (QED) is 0.791. The number of para-hydroxylation sites is 1. The lowest BCUT2D eigenvalue weighted by molar-refractivity contribution is 0.103. The standard InChI is InChI=1S/C17H18O4/c1-11-10-12(19-2)8-9-13(11)16(18)14-6-5-7-15(20-3)17(14)21-4/h5-10H,1-4H3. The molecular formula is C17H18O4. The maximum Gasteiger partial charge on any atom is 0.197 e. The largest absolute Gasteiger partial charge is 0.497 e. The van der Waals surface area contributed by atoms with Crippen molar-refractivity contribution in [1.29, 1.82) is 0 Å². The highest BCUT2D eigenvalue weighted by Crippen LogP contribution is 2.33. The number of ketones is 1. The second kappa shape index (κ2) is 6.31. The molecule has 4 heteroatoms. The zero-order valence-electron chi connectivity index (χ0n) is 12.6. The van der Waals surface area contributed by atoms with Crippen molar-refractivity contribution in [3.05, 3.63) is 53.1 Å². The van der Waals surface area contributed by atoms with Crippen LogP contribution >= 0.6 is 0 Å². The van der Waals surface area contributed by atoms with E-state index in [0.29, 0.717) is 22.6 Å². The molecule has 0 bridgehead atoms. The van der Waals surface area contributed by atoms with Gasteiger partial charge in [-0.15, -0.1) is 0 Å². The molecule has 0 spiro atoms. The molecular weight excluding hydrogens is 268 g/mol. The van der Waals surface area contributed by atoms with Crippen molar-refractivity contribution < 1.29 is 19.0 Å². The third-order valence-corrected chi connectivity index (χ3v) is 3.33. The molecule has 0 aromatic heterocycles. The Morgan fingerprint density at radius 2 is 1.67 bits per heavy atom. The fourth-order valence-corrected chi connectivity index (χ4v) is 2.23. The highest BCUT2D eigenvalue weighted by atomic mass is 16.5. The Morgan fingerprint density at radius 1 is 0.905 bits per heavy atom. The summed E-state index contributed by atoms with van der Waals surface area (Å²) >= 11 is 0. The normalized spacial score (nSPS) is 10.1. The van der Waals surface area contributed by atoms with Crippen LogP contribution in [-0.2, 0) is 0 Å². The summed E-state index contributed by atoms with van der Waals surface area (Å²) in [6.07, 6.45) is 0. The molecule has 0 atom stereocenters. The van der Waals surface area contributed by atoms with Crippen LogP contribution in [0.25, 0.3) is 0 Å². The lowest BCUT2D eigenvalue weighted by Gasteiger charge is -2.13. The second-order valence-electron chi connectivity index (χ2n) is 4.55. The number of ether oxygens (including phenoxy) is 3. The van der Waals surface area contributed by atoms with Gasteiger partial charge in [0, 0.05) is 5.56 Å². The van der Waals surface area contributed by atoms with Crippen LogP contribution in [0.5, 0.6) is 17.2 Å². The molecule has 0 aliphatic carbocycles. The van der Waals surface area contributed by atoms with Gasteiger partial charge in [0.25, 0.3) is 0 Å². The molecule has 0 N–H and O–H groups in total. The molecule has 2 aromatic carbocycles. The van der Waals surface area contributed by atoms with Crippen molar-refractivity contribution in [1.82, 2.24) is 0 Å². The third-order valence-electron chi connectivity index (χ3n) is 3.33. The van der Waals surface area contributed by atoms with E-state index in [1.165, 1.54) is 7.11 Å². The number of benzene rings is 2. The third kappa shape index (κ3) is 2.84. The minimum absolute atomic E-state index is 0.106. The first-order chi connectivity index (χ1) is 10.1. The highest BCUT2D eigenvalue weighted by molar-refractivity contribution is 6.12. The summed E-state index contributed by atoms with van der Waals surface area (Å²) in [5, 5.41) is 0. The van der Waals surface area contributed by atoms with Gasteiger partial charge in [-0.2, -0.15) is 0 Å². The lowest BCUT2D eigenvalue weighted by atomic mass is 9.98. The van der Waals surface area contributed by atoms with Crippen LogP contribution in [0.15, 0.2) is 36.4 Å². The smallest absolute Gasteiger partial charge is 0.197 e. The number of rotatable bonds is 5. The van der Waals surface area contributed by atoms with E-state index >= 15 is 0 Å². The van der Waals surface area contributed by atoms with Gasteiger partial charge in [-0.1, -0.05) is 6.07 Å². The van der Waals surface area contributed by atoms with Gasteiger partial charge in [-0.05, 0) is 42.8 Å². The van der Waals surface area contributed by atoms with E-state index in [4.69, 9.17) is 14.2 Å². The van der Waals surface area contributed by atoms with Crippen LogP contribution in [0, 0.1) is 6.92 Å². The Bertz CT molecular complexity index is 662. The van der Waals surface area contributed by atoms with Gasteiger partial charge >= 0.3 is 0 Å². The van der Waals surface area contributed by atoms with Crippen LogP contribution in [0.1, 0.15) is 21.5 Å². The number of methoxy groups -OCH3 is 3. The van der Waals surface area contributed by atoms with E-state index in [-0.39, 0.29) is 5.78 Å². The van der Waals surface area contributed by atoms with Crippen molar-refractivity contribution in [2.45, 2.75) is 6.92 Å². The van der Waals surface area contributed by atoms with Crippen LogP contribution in [-0.4, -0.2) is 27.1 Å². The first kappa shape index (κ1) is 14.9. The number of aryl methyl sites for hydroxylation is 1. The van der Waals surface area contributed by atoms with Gasteiger partial charge < -0.3 is 14.2 Å². The predicted octanol–water partition coefficient (Wildman–Crippen LogP) is 3.25. The minimum atomic E-state index is -0.106. The number of hydrogen-bond donors (Lipinski definition) is 0. The van der Waals surface area contributed by atoms with Crippen molar-refractivity contribution in [2.75, 3.05) is 21.3 Å². The molecule has 0 aliphatic heterocycles. The Hall–Kier alpha value is -2.49. The van der Waals surface area contributed by atoms with Gasteiger partial charge in [0.2, 0.25) is 0 Å². The predicted molar refractivity (Wildman–Crippen MR) is 80.7 cm³/mol. The molecule has 110 valence electrons. The van der Waals surface area contributed by atoms with Crippen molar-refractivity contribution in [2.24, 2.45) is 0 Å².